The SMILES string of the molecule is Cc1c(-c2ccccc2)c(Cl)n2nc(C(C)(C)COCc3ccc(F)cc3)nc2c1C#N. The number of hydrogen-bond acceptors (Lipinski definition) is 4. The van der Waals surface area contributed by atoms with Gasteiger partial charge in [0.05, 0.1) is 13.2 Å². The van der Waals surface area contributed by atoms with Crippen LogP contribution in [-0.4, -0.2) is 21.2 Å². The van der Waals surface area contributed by atoms with Gasteiger partial charge in [-0.3, -0.25) is 0 Å². The summed E-state index contributed by atoms with van der Waals surface area (Å²) in [5.41, 5.74) is 3.64. The molecular formula is C25H22ClFN4O. The van der Waals surface area contributed by atoms with E-state index in [1.165, 1.54) is 16.6 Å². The van der Waals surface area contributed by atoms with Crippen LogP contribution in [0.25, 0.3) is 16.8 Å². The van der Waals surface area contributed by atoms with Gasteiger partial charge in [-0.1, -0.05) is 67.9 Å². The van der Waals surface area contributed by atoms with Crippen molar-refractivity contribution in [2.45, 2.75) is 32.8 Å². The Morgan fingerprint density at radius 3 is 2.47 bits per heavy atom. The van der Waals surface area contributed by atoms with Crippen molar-refractivity contribution in [3.63, 3.8) is 0 Å². The summed E-state index contributed by atoms with van der Waals surface area (Å²) in [6, 6.07) is 18.2. The first kappa shape index (κ1) is 21.9. The molecule has 0 aliphatic rings. The van der Waals surface area contributed by atoms with Gasteiger partial charge >= 0.3 is 0 Å². The summed E-state index contributed by atoms with van der Waals surface area (Å²) in [5.74, 6) is 0.248. The van der Waals surface area contributed by atoms with Crippen molar-refractivity contribution in [1.82, 2.24) is 14.6 Å². The van der Waals surface area contributed by atoms with Gasteiger partial charge in [-0.05, 0) is 35.7 Å². The average molecular weight is 449 g/mol. The van der Waals surface area contributed by atoms with Crippen LogP contribution >= 0.6 is 11.6 Å². The van der Waals surface area contributed by atoms with Crippen molar-refractivity contribution in [2.24, 2.45) is 0 Å². The Kier molecular flexibility index (Phi) is 5.96. The molecule has 0 radical (unpaired) electrons. The molecule has 2 aromatic carbocycles. The molecule has 5 nitrogen and oxygen atoms in total. The van der Waals surface area contributed by atoms with Crippen molar-refractivity contribution in [3.8, 4) is 17.2 Å². The second-order valence-electron chi connectivity index (χ2n) is 8.32. The third kappa shape index (κ3) is 4.10. The number of nitriles is 1. The topological polar surface area (TPSA) is 63.2 Å². The number of halogens is 2. The Hall–Kier alpha value is -3.27. The Morgan fingerprint density at radius 2 is 1.81 bits per heavy atom. The first-order valence-electron chi connectivity index (χ1n) is 10.2. The zero-order valence-corrected chi connectivity index (χ0v) is 18.8. The van der Waals surface area contributed by atoms with E-state index in [0.717, 1.165) is 22.3 Å². The third-order valence-electron chi connectivity index (χ3n) is 5.40. The molecule has 0 aliphatic heterocycles. The molecule has 0 spiro atoms. The second-order valence-corrected chi connectivity index (χ2v) is 8.68. The lowest BCUT2D eigenvalue weighted by atomic mass is 9.94. The number of pyridine rings is 1. The molecule has 4 aromatic rings. The van der Waals surface area contributed by atoms with Crippen LogP contribution in [-0.2, 0) is 16.8 Å². The zero-order chi connectivity index (χ0) is 22.9. The predicted octanol–water partition coefficient (Wildman–Crippen LogP) is 5.86. The summed E-state index contributed by atoms with van der Waals surface area (Å²) in [7, 11) is 0. The van der Waals surface area contributed by atoms with Crippen molar-refractivity contribution < 1.29 is 9.13 Å². The maximum absolute atomic E-state index is 13.1. The second kappa shape index (κ2) is 8.70. The molecule has 0 fully saturated rings. The van der Waals surface area contributed by atoms with Gasteiger partial charge in [-0.25, -0.2) is 13.9 Å². The van der Waals surface area contributed by atoms with Crippen LogP contribution in [0, 0.1) is 24.1 Å². The van der Waals surface area contributed by atoms with Gasteiger partial charge < -0.3 is 4.74 Å². The number of fused-ring (bicyclic) bond motifs is 1. The molecule has 0 saturated carbocycles. The maximum atomic E-state index is 13.1. The molecule has 0 saturated heterocycles. The first-order chi connectivity index (χ1) is 15.3. The minimum Gasteiger partial charge on any atom is -0.376 e. The van der Waals surface area contributed by atoms with Gasteiger partial charge in [0.2, 0.25) is 0 Å². The van der Waals surface area contributed by atoms with E-state index in [1.807, 2.05) is 51.1 Å². The first-order valence-corrected chi connectivity index (χ1v) is 10.6. The van der Waals surface area contributed by atoms with Crippen molar-refractivity contribution in [3.05, 3.63) is 88.1 Å². The molecule has 0 N–H and O–H groups in total. The summed E-state index contributed by atoms with van der Waals surface area (Å²) in [6.07, 6.45) is 0. The molecule has 32 heavy (non-hydrogen) atoms. The van der Waals surface area contributed by atoms with Crippen LogP contribution in [0.15, 0.2) is 54.6 Å². The third-order valence-corrected chi connectivity index (χ3v) is 5.75. The highest BCUT2D eigenvalue weighted by Gasteiger charge is 2.29. The maximum Gasteiger partial charge on any atom is 0.175 e. The van der Waals surface area contributed by atoms with Crippen LogP contribution in [0.2, 0.25) is 5.15 Å². The van der Waals surface area contributed by atoms with Crippen LogP contribution in [0.1, 0.15) is 36.4 Å². The molecule has 2 heterocycles. The molecule has 0 unspecified atom stereocenters. The van der Waals surface area contributed by atoms with E-state index in [1.54, 1.807) is 12.1 Å². The molecule has 0 atom stereocenters. The van der Waals surface area contributed by atoms with Gasteiger partial charge in [0, 0.05) is 11.0 Å². The summed E-state index contributed by atoms with van der Waals surface area (Å²) >= 11 is 6.76. The quantitative estimate of drug-likeness (QED) is 0.346. The monoisotopic (exact) mass is 448 g/mol. The van der Waals surface area contributed by atoms with Crippen molar-refractivity contribution in [1.29, 1.82) is 5.26 Å². The van der Waals surface area contributed by atoms with Crippen LogP contribution in [0.3, 0.4) is 0 Å². The van der Waals surface area contributed by atoms with Crippen molar-refractivity contribution in [2.75, 3.05) is 6.61 Å². The minimum atomic E-state index is -0.539. The van der Waals surface area contributed by atoms with Crippen molar-refractivity contribution >= 4 is 17.2 Å². The van der Waals surface area contributed by atoms with Crippen LogP contribution in [0.5, 0.6) is 0 Å². The largest absolute Gasteiger partial charge is 0.376 e. The molecule has 0 amide bonds. The highest BCUT2D eigenvalue weighted by Crippen LogP contribution is 2.35. The standard InChI is InChI=1S/C25H22ClFN4O/c1-16-20(13-28)23-29-24(25(2,3)15-32-14-17-9-11-19(27)12-10-17)30-31(23)22(26)21(16)18-7-5-4-6-8-18/h4-12H,14-15H2,1-3H3. The number of hydrogen-bond donors (Lipinski definition) is 0. The number of rotatable bonds is 6. The molecule has 0 bridgehead atoms. The molecule has 7 heteroatoms. The Labute approximate surface area is 191 Å². The summed E-state index contributed by atoms with van der Waals surface area (Å²) in [6.45, 7) is 6.50. The Balaban J connectivity index is 1.68. The molecule has 0 aliphatic carbocycles. The van der Waals surface area contributed by atoms with E-state index in [2.05, 4.69) is 16.2 Å². The smallest absolute Gasteiger partial charge is 0.175 e. The highest BCUT2D eigenvalue weighted by atomic mass is 35.5. The van der Waals surface area contributed by atoms with E-state index in [0.29, 0.717) is 35.4 Å². The Bertz CT molecular complexity index is 1310. The normalized spacial score (nSPS) is 11.6. The zero-order valence-electron chi connectivity index (χ0n) is 18.1. The molecule has 162 valence electrons. The number of benzene rings is 2. The lowest BCUT2D eigenvalue weighted by Gasteiger charge is -2.20. The molecule has 2 aromatic heterocycles. The summed E-state index contributed by atoms with van der Waals surface area (Å²) < 4.78 is 20.5. The number of nitrogens with zero attached hydrogens (tertiary/aromatic N) is 4. The summed E-state index contributed by atoms with van der Waals surface area (Å²) in [4.78, 5) is 4.66. The number of aromatic nitrogens is 3. The fourth-order valence-corrected chi connectivity index (χ4v) is 3.96. The highest BCUT2D eigenvalue weighted by molar-refractivity contribution is 6.32. The summed E-state index contributed by atoms with van der Waals surface area (Å²) in [5, 5.41) is 14.9. The van der Waals surface area contributed by atoms with Gasteiger partial charge in [-0.15, -0.1) is 5.10 Å². The lowest BCUT2D eigenvalue weighted by Crippen LogP contribution is -2.26. The fourth-order valence-electron chi connectivity index (χ4n) is 3.59. The van der Waals surface area contributed by atoms with E-state index in [-0.39, 0.29) is 5.82 Å². The van der Waals surface area contributed by atoms with E-state index in [4.69, 9.17) is 16.3 Å². The van der Waals surface area contributed by atoms with Crippen LogP contribution < -0.4 is 0 Å². The Morgan fingerprint density at radius 1 is 1.12 bits per heavy atom. The fraction of sp³-hybridized carbons (Fsp3) is 0.240. The predicted molar refractivity (Wildman–Crippen MR) is 122 cm³/mol. The van der Waals surface area contributed by atoms with E-state index in [9.17, 15) is 9.65 Å². The molecule has 4 rings (SSSR count). The van der Waals surface area contributed by atoms with E-state index < -0.39 is 5.41 Å². The average Bonchev–Trinajstić information content (AvgIpc) is 3.23. The van der Waals surface area contributed by atoms with Gasteiger partial charge in [-0.2, -0.15) is 5.26 Å². The van der Waals surface area contributed by atoms with Crippen LogP contribution in [0.4, 0.5) is 4.39 Å². The lowest BCUT2D eigenvalue weighted by molar-refractivity contribution is 0.0797. The number of ether oxygens (including phenoxy) is 1. The van der Waals surface area contributed by atoms with E-state index >= 15 is 0 Å². The van der Waals surface area contributed by atoms with Gasteiger partial charge in [0.25, 0.3) is 0 Å². The minimum absolute atomic E-state index is 0.279. The molecular weight excluding hydrogens is 427 g/mol. The van der Waals surface area contributed by atoms with Gasteiger partial charge in [0.1, 0.15) is 22.6 Å². The van der Waals surface area contributed by atoms with Gasteiger partial charge in [0.15, 0.2) is 11.5 Å².